The number of nitrogens with two attached hydrogens (primary N) is 1. The molecule has 0 spiro atoms. The molecule has 0 aliphatic heterocycles. The van der Waals surface area contributed by atoms with Gasteiger partial charge < -0.3 is 15.8 Å². The number of amides is 1. The monoisotopic (exact) mass is 304 g/mol. The number of hydrogen-bond donors (Lipinski definition) is 2. The number of carbonyl (C=O) groups is 1. The van der Waals surface area contributed by atoms with Crippen molar-refractivity contribution in [2.75, 3.05) is 25.6 Å². The number of carbonyl (C=O) groups excluding carboxylic acids is 1. The van der Waals surface area contributed by atoms with Crippen molar-refractivity contribution in [3.05, 3.63) is 28.0 Å². The van der Waals surface area contributed by atoms with Gasteiger partial charge in [-0.05, 0) is 18.6 Å². The fourth-order valence-electron chi connectivity index (χ4n) is 1.40. The lowest BCUT2D eigenvalue weighted by atomic mass is 10.1. The summed E-state index contributed by atoms with van der Waals surface area (Å²) < 4.78 is 19.0. The highest BCUT2D eigenvalue weighted by molar-refractivity contribution is 9.10. The molecule has 0 fully saturated rings. The van der Waals surface area contributed by atoms with Gasteiger partial charge >= 0.3 is 0 Å². The van der Waals surface area contributed by atoms with Crippen LogP contribution in [0.1, 0.15) is 16.8 Å². The lowest BCUT2D eigenvalue weighted by Gasteiger charge is -2.11. The van der Waals surface area contributed by atoms with E-state index in [9.17, 15) is 9.18 Å². The Morgan fingerprint density at radius 2 is 2.29 bits per heavy atom. The van der Waals surface area contributed by atoms with E-state index in [1.165, 1.54) is 6.07 Å². The lowest BCUT2D eigenvalue weighted by molar-refractivity contribution is 0.0997. The number of benzene rings is 1. The molecule has 0 saturated carbocycles. The molecule has 0 atom stereocenters. The van der Waals surface area contributed by atoms with Gasteiger partial charge in [0, 0.05) is 24.7 Å². The Labute approximate surface area is 107 Å². The fourth-order valence-corrected chi connectivity index (χ4v) is 1.83. The highest BCUT2D eigenvalue weighted by Gasteiger charge is 2.15. The molecule has 0 aromatic heterocycles. The second-order valence-electron chi connectivity index (χ2n) is 3.45. The van der Waals surface area contributed by atoms with Crippen LogP contribution < -0.4 is 11.1 Å². The largest absolute Gasteiger partial charge is 0.385 e. The Morgan fingerprint density at radius 3 is 2.88 bits per heavy atom. The summed E-state index contributed by atoms with van der Waals surface area (Å²) in [6.07, 6.45) is 0.753. The van der Waals surface area contributed by atoms with Crippen molar-refractivity contribution in [3.63, 3.8) is 0 Å². The van der Waals surface area contributed by atoms with Crippen molar-refractivity contribution in [2.45, 2.75) is 6.42 Å². The molecule has 17 heavy (non-hydrogen) atoms. The van der Waals surface area contributed by atoms with Gasteiger partial charge in [-0.2, -0.15) is 0 Å². The molecule has 1 amide bonds. The Kier molecular flexibility index (Phi) is 5.37. The Morgan fingerprint density at radius 1 is 1.59 bits per heavy atom. The van der Waals surface area contributed by atoms with Crippen LogP contribution >= 0.6 is 15.9 Å². The summed E-state index contributed by atoms with van der Waals surface area (Å²) >= 11 is 3.16. The predicted octanol–water partition coefficient (Wildman–Crippen LogP) is 2.14. The van der Waals surface area contributed by atoms with Gasteiger partial charge in [0.05, 0.1) is 11.3 Å². The third-order valence-electron chi connectivity index (χ3n) is 2.14. The number of nitrogens with one attached hydrogen (secondary N) is 1. The maximum absolute atomic E-state index is 13.5. The number of rotatable bonds is 6. The quantitative estimate of drug-likeness (QED) is 0.791. The van der Waals surface area contributed by atoms with Gasteiger partial charge in [0.15, 0.2) is 0 Å². The molecule has 94 valence electrons. The molecule has 0 bridgehead atoms. The molecule has 0 aliphatic rings. The Hall–Kier alpha value is -1.14. The number of halogens is 2. The van der Waals surface area contributed by atoms with Crippen LogP contribution in [0.25, 0.3) is 0 Å². The average molecular weight is 305 g/mol. The van der Waals surface area contributed by atoms with Crippen molar-refractivity contribution in [3.8, 4) is 0 Å². The smallest absolute Gasteiger partial charge is 0.253 e. The topological polar surface area (TPSA) is 64.3 Å². The van der Waals surface area contributed by atoms with E-state index >= 15 is 0 Å². The van der Waals surface area contributed by atoms with Crippen LogP contribution in [0, 0.1) is 5.82 Å². The van der Waals surface area contributed by atoms with Crippen molar-refractivity contribution in [2.24, 2.45) is 5.73 Å². The van der Waals surface area contributed by atoms with E-state index in [4.69, 9.17) is 10.5 Å². The van der Waals surface area contributed by atoms with E-state index in [0.717, 1.165) is 6.42 Å². The normalized spacial score (nSPS) is 10.3. The summed E-state index contributed by atoms with van der Waals surface area (Å²) in [7, 11) is 1.60. The summed E-state index contributed by atoms with van der Waals surface area (Å²) in [5.74, 6) is -1.43. The molecule has 0 unspecified atom stereocenters. The average Bonchev–Trinajstić information content (AvgIpc) is 2.22. The number of methoxy groups -OCH3 is 1. The molecule has 4 nitrogen and oxygen atoms in total. The Balaban J connectivity index is 2.85. The van der Waals surface area contributed by atoms with Gasteiger partial charge in [0.1, 0.15) is 5.82 Å². The second-order valence-corrected chi connectivity index (χ2v) is 4.36. The maximum atomic E-state index is 13.5. The molecule has 1 aromatic rings. The molecule has 6 heteroatoms. The minimum absolute atomic E-state index is 0.120. The first-order chi connectivity index (χ1) is 8.06. The summed E-state index contributed by atoms with van der Waals surface area (Å²) in [5.41, 5.74) is 5.41. The molecule has 3 N–H and O–H groups in total. The number of hydrogen-bond acceptors (Lipinski definition) is 3. The predicted molar refractivity (Wildman–Crippen MR) is 67.6 cm³/mol. The summed E-state index contributed by atoms with van der Waals surface area (Å²) in [6, 6.07) is 2.83. The highest BCUT2D eigenvalue weighted by Crippen LogP contribution is 2.24. The van der Waals surface area contributed by atoms with E-state index in [-0.39, 0.29) is 5.56 Å². The van der Waals surface area contributed by atoms with Gasteiger partial charge in [0.25, 0.3) is 5.91 Å². The summed E-state index contributed by atoms with van der Waals surface area (Å²) in [5, 5.41) is 2.96. The molecular formula is C11H14BrFN2O2. The van der Waals surface area contributed by atoms with Gasteiger partial charge in [0.2, 0.25) is 0 Å². The van der Waals surface area contributed by atoms with Crippen LogP contribution in [0.3, 0.4) is 0 Å². The van der Waals surface area contributed by atoms with E-state index in [0.29, 0.717) is 23.3 Å². The van der Waals surface area contributed by atoms with Crippen molar-refractivity contribution >= 4 is 27.5 Å². The van der Waals surface area contributed by atoms with Gasteiger partial charge in [-0.1, -0.05) is 15.9 Å². The molecule has 0 saturated heterocycles. The molecule has 0 aliphatic carbocycles. The van der Waals surface area contributed by atoms with Crippen LogP contribution in [0.2, 0.25) is 0 Å². The standard InChI is InChI=1S/C11H14BrFN2O2/c1-17-4-2-3-15-9-6-7(12)5-8(13)10(9)11(14)16/h5-6,15H,2-4H2,1H3,(H2,14,16). The number of ether oxygens (including phenoxy) is 1. The molecular weight excluding hydrogens is 291 g/mol. The zero-order chi connectivity index (χ0) is 12.8. The first kappa shape index (κ1) is 13.9. The van der Waals surface area contributed by atoms with E-state index in [2.05, 4.69) is 21.2 Å². The van der Waals surface area contributed by atoms with Crippen molar-refractivity contribution < 1.29 is 13.9 Å². The van der Waals surface area contributed by atoms with Crippen LogP contribution in [0.15, 0.2) is 16.6 Å². The first-order valence-corrected chi connectivity index (χ1v) is 5.87. The van der Waals surface area contributed by atoms with Gasteiger partial charge in [-0.25, -0.2) is 4.39 Å². The second kappa shape index (κ2) is 6.56. The van der Waals surface area contributed by atoms with Crippen molar-refractivity contribution in [1.82, 2.24) is 0 Å². The zero-order valence-electron chi connectivity index (χ0n) is 9.43. The van der Waals surface area contributed by atoms with Gasteiger partial charge in [-0.15, -0.1) is 0 Å². The molecule has 0 heterocycles. The van der Waals surface area contributed by atoms with Crippen LogP contribution in [0.5, 0.6) is 0 Å². The Bertz CT molecular complexity index is 413. The maximum Gasteiger partial charge on any atom is 0.253 e. The van der Waals surface area contributed by atoms with Crippen LogP contribution in [0.4, 0.5) is 10.1 Å². The van der Waals surface area contributed by atoms with Gasteiger partial charge in [-0.3, -0.25) is 4.79 Å². The minimum Gasteiger partial charge on any atom is -0.385 e. The summed E-state index contributed by atoms with van der Waals surface area (Å²) in [6.45, 7) is 1.17. The van der Waals surface area contributed by atoms with Crippen LogP contribution in [-0.2, 0) is 4.74 Å². The fraction of sp³-hybridized carbons (Fsp3) is 0.364. The third kappa shape index (κ3) is 3.98. The lowest BCUT2D eigenvalue weighted by Crippen LogP contribution is -2.17. The molecule has 1 rings (SSSR count). The van der Waals surface area contributed by atoms with E-state index in [1.807, 2.05) is 0 Å². The van der Waals surface area contributed by atoms with Crippen LogP contribution in [-0.4, -0.2) is 26.2 Å². The highest BCUT2D eigenvalue weighted by atomic mass is 79.9. The molecule has 1 aromatic carbocycles. The third-order valence-corrected chi connectivity index (χ3v) is 2.60. The summed E-state index contributed by atoms with van der Waals surface area (Å²) in [4.78, 5) is 11.1. The first-order valence-electron chi connectivity index (χ1n) is 5.08. The SMILES string of the molecule is COCCCNc1cc(Br)cc(F)c1C(N)=O. The van der Waals surface area contributed by atoms with Crippen molar-refractivity contribution in [1.29, 1.82) is 0 Å². The number of anilines is 1. The number of primary amides is 1. The van der Waals surface area contributed by atoms with E-state index in [1.54, 1.807) is 13.2 Å². The molecule has 0 radical (unpaired) electrons. The minimum atomic E-state index is -0.788. The zero-order valence-corrected chi connectivity index (χ0v) is 11.0. The van der Waals surface area contributed by atoms with E-state index < -0.39 is 11.7 Å².